The highest BCUT2D eigenvalue weighted by Crippen LogP contribution is 2.34. The lowest BCUT2D eigenvalue weighted by atomic mass is 10.0. The molecule has 32 heavy (non-hydrogen) atoms. The summed E-state index contributed by atoms with van der Waals surface area (Å²) in [6.45, 7) is 2.78. The molecule has 3 aromatic carbocycles. The molecule has 1 heterocycles. The predicted molar refractivity (Wildman–Crippen MR) is 124 cm³/mol. The van der Waals surface area contributed by atoms with Gasteiger partial charge in [-0.05, 0) is 35.7 Å². The fourth-order valence-electron chi connectivity index (χ4n) is 3.92. The summed E-state index contributed by atoms with van der Waals surface area (Å²) < 4.78 is 35.0. The smallest absolute Gasteiger partial charge is 0.219 e. The highest BCUT2D eigenvalue weighted by molar-refractivity contribution is 7.90. The van der Waals surface area contributed by atoms with Gasteiger partial charge in [0.1, 0.15) is 17.6 Å². The first-order chi connectivity index (χ1) is 15.4. The summed E-state index contributed by atoms with van der Waals surface area (Å²) in [4.78, 5) is 5.63. The van der Waals surface area contributed by atoms with E-state index in [9.17, 15) is 8.42 Å². The molecule has 1 aliphatic rings. The Morgan fingerprint density at radius 2 is 1.75 bits per heavy atom. The number of hydrogen-bond donors (Lipinski definition) is 1. The van der Waals surface area contributed by atoms with E-state index in [1.165, 1.54) is 0 Å². The van der Waals surface area contributed by atoms with Crippen LogP contribution in [0.1, 0.15) is 28.3 Å². The lowest BCUT2D eigenvalue weighted by Crippen LogP contribution is -2.39. The van der Waals surface area contributed by atoms with E-state index in [1.54, 1.807) is 12.1 Å². The van der Waals surface area contributed by atoms with Gasteiger partial charge in [-0.15, -0.1) is 0 Å². The van der Waals surface area contributed by atoms with Crippen LogP contribution in [0.5, 0.6) is 5.75 Å². The van der Waals surface area contributed by atoms with Crippen molar-refractivity contribution in [3.63, 3.8) is 0 Å². The van der Waals surface area contributed by atoms with E-state index in [-0.39, 0.29) is 13.2 Å². The van der Waals surface area contributed by atoms with E-state index in [1.807, 2.05) is 85.8 Å². The molecule has 0 radical (unpaired) electrons. The van der Waals surface area contributed by atoms with Gasteiger partial charge in [0, 0.05) is 13.6 Å². The Hall–Kier alpha value is -2.71. The molecular weight excluding hydrogens is 424 g/mol. The van der Waals surface area contributed by atoms with Crippen LogP contribution < -0.4 is 9.46 Å². The molecule has 0 bridgehead atoms. The maximum Gasteiger partial charge on any atom is 0.219 e. The highest BCUT2D eigenvalue weighted by Gasteiger charge is 2.43. The van der Waals surface area contributed by atoms with Gasteiger partial charge in [-0.25, -0.2) is 13.1 Å². The Kier molecular flexibility index (Phi) is 6.91. The Labute approximate surface area is 189 Å². The number of hydrogen-bond acceptors (Lipinski definition) is 5. The molecule has 6 nitrogen and oxygen atoms in total. The van der Waals surface area contributed by atoms with Crippen LogP contribution in [0, 0.1) is 6.92 Å². The van der Waals surface area contributed by atoms with Crippen LogP contribution in [0.25, 0.3) is 0 Å². The Morgan fingerprint density at radius 3 is 2.53 bits per heavy atom. The van der Waals surface area contributed by atoms with Crippen LogP contribution in [0.2, 0.25) is 0 Å². The largest absolute Gasteiger partial charge is 0.489 e. The average molecular weight is 453 g/mol. The number of rotatable bonds is 8. The van der Waals surface area contributed by atoms with E-state index in [0.717, 1.165) is 22.3 Å². The van der Waals surface area contributed by atoms with Crippen molar-refractivity contribution in [1.29, 1.82) is 0 Å². The molecule has 0 saturated carbocycles. The number of benzene rings is 3. The maximum atomic E-state index is 13.2. The van der Waals surface area contributed by atoms with Gasteiger partial charge in [-0.3, -0.25) is 4.84 Å². The van der Waals surface area contributed by atoms with Crippen molar-refractivity contribution in [3.8, 4) is 5.75 Å². The molecule has 168 valence electrons. The number of sulfonamides is 1. The third kappa shape index (κ3) is 5.37. The van der Waals surface area contributed by atoms with Crippen molar-refractivity contribution in [2.24, 2.45) is 0 Å². The van der Waals surface area contributed by atoms with E-state index in [2.05, 4.69) is 4.72 Å². The SMILES string of the molecule is Cc1cccc(CNS(=O)(=O)[C@H]2CON(C)[C@@H]2c2cccc(OCc3ccccc3)c2)c1. The fourth-order valence-corrected chi connectivity index (χ4v) is 5.41. The molecule has 0 amide bonds. The first-order valence-corrected chi connectivity index (χ1v) is 12.1. The molecule has 4 rings (SSSR count). The van der Waals surface area contributed by atoms with E-state index in [0.29, 0.717) is 12.4 Å². The number of nitrogens with zero attached hydrogens (tertiary/aromatic N) is 1. The molecule has 1 saturated heterocycles. The first-order valence-electron chi connectivity index (χ1n) is 10.6. The Morgan fingerprint density at radius 1 is 1.00 bits per heavy atom. The lowest BCUT2D eigenvalue weighted by Gasteiger charge is -2.23. The molecule has 0 aliphatic carbocycles. The van der Waals surface area contributed by atoms with Crippen LogP contribution in [-0.4, -0.2) is 32.4 Å². The van der Waals surface area contributed by atoms with Gasteiger partial charge in [0.2, 0.25) is 10.0 Å². The molecule has 3 aromatic rings. The number of nitrogens with one attached hydrogen (secondary N) is 1. The minimum absolute atomic E-state index is 0.0966. The summed E-state index contributed by atoms with van der Waals surface area (Å²) in [6, 6.07) is 24.8. The minimum atomic E-state index is -3.63. The zero-order chi connectivity index (χ0) is 22.6. The van der Waals surface area contributed by atoms with Gasteiger partial charge in [0.05, 0.1) is 12.6 Å². The van der Waals surface area contributed by atoms with Crippen molar-refractivity contribution >= 4 is 10.0 Å². The van der Waals surface area contributed by atoms with Gasteiger partial charge in [-0.2, -0.15) is 5.06 Å². The summed E-state index contributed by atoms with van der Waals surface area (Å²) in [6.07, 6.45) is 0. The van der Waals surface area contributed by atoms with E-state index in [4.69, 9.17) is 9.57 Å². The molecule has 1 fully saturated rings. The average Bonchev–Trinajstić information content (AvgIpc) is 3.20. The first kappa shape index (κ1) is 22.5. The molecular formula is C25H28N2O4S. The lowest BCUT2D eigenvalue weighted by molar-refractivity contribution is -0.110. The molecule has 0 aromatic heterocycles. The third-order valence-corrected chi connectivity index (χ3v) is 7.33. The molecule has 0 unspecified atom stereocenters. The van der Waals surface area contributed by atoms with Crippen molar-refractivity contribution < 1.29 is 18.0 Å². The van der Waals surface area contributed by atoms with Gasteiger partial charge < -0.3 is 4.74 Å². The normalized spacial score (nSPS) is 19.2. The molecule has 7 heteroatoms. The molecule has 1 N–H and O–H groups in total. The summed E-state index contributed by atoms with van der Waals surface area (Å²) in [5.41, 5.74) is 3.92. The summed E-state index contributed by atoms with van der Waals surface area (Å²) in [7, 11) is -1.86. The fraction of sp³-hybridized carbons (Fsp3) is 0.280. The van der Waals surface area contributed by atoms with Gasteiger partial charge >= 0.3 is 0 Å². The van der Waals surface area contributed by atoms with Gasteiger partial charge in [-0.1, -0.05) is 72.3 Å². The Bertz CT molecular complexity index is 1150. The second-order valence-corrected chi connectivity index (χ2v) is 10.0. The van der Waals surface area contributed by atoms with Gasteiger partial charge in [0.25, 0.3) is 0 Å². The van der Waals surface area contributed by atoms with Crippen LogP contribution in [0.3, 0.4) is 0 Å². The maximum absolute atomic E-state index is 13.2. The molecule has 1 aliphatic heterocycles. The van der Waals surface area contributed by atoms with Crippen LogP contribution in [0.4, 0.5) is 0 Å². The van der Waals surface area contributed by atoms with Crippen molar-refractivity contribution in [3.05, 3.63) is 101 Å². The predicted octanol–water partition coefficient (Wildman–Crippen LogP) is 3.98. The van der Waals surface area contributed by atoms with Crippen LogP contribution in [-0.2, 0) is 28.0 Å². The standard InChI is InChI=1S/C25H28N2O4S/c1-19-8-6-11-21(14-19)16-26-32(28,29)24-18-31-27(2)25(24)22-12-7-13-23(15-22)30-17-20-9-4-3-5-10-20/h3-15,24-26H,16-18H2,1-2H3/t24-,25+/m0/s1. The summed E-state index contributed by atoms with van der Waals surface area (Å²) in [5, 5.41) is 0.883. The Balaban J connectivity index is 1.49. The number of hydroxylamine groups is 2. The number of aryl methyl sites for hydroxylation is 1. The van der Waals surface area contributed by atoms with Crippen molar-refractivity contribution in [2.45, 2.75) is 31.4 Å². The van der Waals surface area contributed by atoms with E-state index >= 15 is 0 Å². The molecule has 0 spiro atoms. The summed E-state index contributed by atoms with van der Waals surface area (Å²) >= 11 is 0. The van der Waals surface area contributed by atoms with Crippen LogP contribution in [0.15, 0.2) is 78.9 Å². The van der Waals surface area contributed by atoms with Crippen molar-refractivity contribution in [1.82, 2.24) is 9.79 Å². The zero-order valence-corrected chi connectivity index (χ0v) is 19.1. The number of ether oxygens (including phenoxy) is 1. The van der Waals surface area contributed by atoms with Crippen LogP contribution >= 0.6 is 0 Å². The zero-order valence-electron chi connectivity index (χ0n) is 18.3. The monoisotopic (exact) mass is 452 g/mol. The quantitative estimate of drug-likeness (QED) is 0.560. The van der Waals surface area contributed by atoms with Gasteiger partial charge in [0.15, 0.2) is 0 Å². The second kappa shape index (κ2) is 9.83. The topological polar surface area (TPSA) is 67.9 Å². The summed E-state index contributed by atoms with van der Waals surface area (Å²) in [5.74, 6) is 0.690. The third-order valence-electron chi connectivity index (χ3n) is 5.59. The van der Waals surface area contributed by atoms with E-state index < -0.39 is 21.3 Å². The van der Waals surface area contributed by atoms with Crippen molar-refractivity contribution in [2.75, 3.05) is 13.7 Å². The molecule has 2 atom stereocenters. The highest BCUT2D eigenvalue weighted by atomic mass is 32.2. The minimum Gasteiger partial charge on any atom is -0.489 e. The second-order valence-electron chi connectivity index (χ2n) is 8.03.